The van der Waals surface area contributed by atoms with Crippen molar-refractivity contribution in [1.29, 1.82) is 0 Å². The van der Waals surface area contributed by atoms with Crippen LogP contribution in [0, 0.1) is 0 Å². The Morgan fingerprint density at radius 2 is 2.19 bits per heavy atom. The van der Waals surface area contributed by atoms with Crippen LogP contribution in [0.15, 0.2) is 24.4 Å². The topological polar surface area (TPSA) is 62.2 Å². The lowest BCUT2D eigenvalue weighted by Gasteiger charge is -2.13. The Balaban J connectivity index is 2.12. The van der Waals surface area contributed by atoms with Crippen molar-refractivity contribution in [2.45, 2.75) is 18.9 Å². The smallest absolute Gasteiger partial charge is 0.337 e. The van der Waals surface area contributed by atoms with Gasteiger partial charge in [-0.2, -0.15) is 0 Å². The Morgan fingerprint density at radius 3 is 2.75 bits per heavy atom. The van der Waals surface area contributed by atoms with E-state index in [1.165, 1.54) is 12.3 Å². The summed E-state index contributed by atoms with van der Waals surface area (Å²) in [6.45, 7) is 0. The van der Waals surface area contributed by atoms with Crippen molar-refractivity contribution in [2.75, 3.05) is 5.32 Å². The third-order valence-electron chi connectivity index (χ3n) is 2.44. The van der Waals surface area contributed by atoms with Gasteiger partial charge in [0.15, 0.2) is 0 Å². The fourth-order valence-corrected chi connectivity index (χ4v) is 1.81. The number of nitrogens with zero attached hydrogens (tertiary/aromatic N) is 1. The van der Waals surface area contributed by atoms with Crippen LogP contribution in [0.1, 0.15) is 23.2 Å². The van der Waals surface area contributed by atoms with Gasteiger partial charge in [0.2, 0.25) is 0 Å². The quantitative estimate of drug-likeness (QED) is 0.795. The number of carbonyl (C=O) groups is 1. The highest BCUT2D eigenvalue weighted by atomic mass is 35.5. The average Bonchev–Trinajstić information content (AvgIpc) is 2.73. The summed E-state index contributed by atoms with van der Waals surface area (Å²) >= 11 is 5.94. The Bertz CT molecular complexity index is 438. The molecule has 1 aromatic heterocycles. The van der Waals surface area contributed by atoms with E-state index in [0.717, 1.165) is 12.8 Å². The molecule has 1 aliphatic rings. The normalized spacial score (nSPS) is 15.3. The number of nitrogens with one attached hydrogen (secondary N) is 1. The van der Waals surface area contributed by atoms with Gasteiger partial charge in [-0.1, -0.05) is 23.8 Å². The van der Waals surface area contributed by atoms with Crippen molar-refractivity contribution in [3.05, 3.63) is 35.0 Å². The Labute approximate surface area is 98.0 Å². The van der Waals surface area contributed by atoms with Crippen molar-refractivity contribution in [3.63, 3.8) is 0 Å². The second-order valence-electron chi connectivity index (χ2n) is 3.64. The van der Waals surface area contributed by atoms with Crippen molar-refractivity contribution < 1.29 is 9.90 Å². The number of pyridine rings is 1. The van der Waals surface area contributed by atoms with E-state index in [1.807, 2.05) is 0 Å². The van der Waals surface area contributed by atoms with Crippen molar-refractivity contribution in [1.82, 2.24) is 4.98 Å². The number of hydrogen-bond donors (Lipinski definition) is 2. The lowest BCUT2D eigenvalue weighted by Crippen LogP contribution is -2.16. The first-order chi connectivity index (χ1) is 7.66. The van der Waals surface area contributed by atoms with Crippen LogP contribution in [0.4, 0.5) is 5.82 Å². The number of anilines is 1. The molecule has 1 heterocycles. The molecule has 16 heavy (non-hydrogen) atoms. The maximum absolute atomic E-state index is 10.7. The van der Waals surface area contributed by atoms with Gasteiger partial charge >= 0.3 is 5.97 Å². The van der Waals surface area contributed by atoms with Crippen LogP contribution in [0.5, 0.6) is 0 Å². The van der Waals surface area contributed by atoms with E-state index in [0.29, 0.717) is 16.9 Å². The molecule has 0 spiro atoms. The third-order valence-corrected chi connectivity index (χ3v) is 2.72. The number of rotatable bonds is 3. The highest BCUT2D eigenvalue weighted by molar-refractivity contribution is 6.33. The molecule has 5 heteroatoms. The summed E-state index contributed by atoms with van der Waals surface area (Å²) in [7, 11) is 0. The fraction of sp³-hybridized carbons (Fsp3) is 0.273. The summed E-state index contributed by atoms with van der Waals surface area (Å²) < 4.78 is 0. The van der Waals surface area contributed by atoms with Crippen LogP contribution in [0.2, 0.25) is 5.02 Å². The molecular weight excluding hydrogens is 228 g/mol. The van der Waals surface area contributed by atoms with E-state index in [-0.39, 0.29) is 5.56 Å². The molecule has 0 saturated carbocycles. The van der Waals surface area contributed by atoms with Gasteiger partial charge in [-0.25, -0.2) is 9.78 Å². The van der Waals surface area contributed by atoms with E-state index in [9.17, 15) is 4.79 Å². The number of carboxylic acids is 1. The molecule has 4 nitrogen and oxygen atoms in total. The van der Waals surface area contributed by atoms with Crippen LogP contribution in [-0.2, 0) is 0 Å². The van der Waals surface area contributed by atoms with Crippen LogP contribution < -0.4 is 5.32 Å². The molecule has 84 valence electrons. The molecular formula is C11H11ClN2O2. The molecule has 0 saturated heterocycles. The second-order valence-corrected chi connectivity index (χ2v) is 4.05. The summed E-state index contributed by atoms with van der Waals surface area (Å²) in [5, 5.41) is 12.3. The molecule has 1 aromatic rings. The molecule has 2 N–H and O–H groups in total. The van der Waals surface area contributed by atoms with Crippen molar-refractivity contribution >= 4 is 23.4 Å². The van der Waals surface area contributed by atoms with Crippen LogP contribution in [0.3, 0.4) is 0 Å². The molecule has 0 unspecified atom stereocenters. The van der Waals surface area contributed by atoms with Gasteiger partial charge in [-0.15, -0.1) is 0 Å². The summed E-state index contributed by atoms with van der Waals surface area (Å²) in [5.41, 5.74) is 0.0973. The Morgan fingerprint density at radius 1 is 1.50 bits per heavy atom. The summed E-state index contributed by atoms with van der Waals surface area (Å²) in [6, 6.07) is 1.71. The molecule has 1 aliphatic carbocycles. The predicted molar refractivity (Wildman–Crippen MR) is 62.0 cm³/mol. The first-order valence-corrected chi connectivity index (χ1v) is 5.35. The van der Waals surface area contributed by atoms with E-state index < -0.39 is 5.97 Å². The molecule has 0 bridgehead atoms. The lowest BCUT2D eigenvalue weighted by atomic mass is 10.2. The number of aromatic nitrogens is 1. The van der Waals surface area contributed by atoms with E-state index in [1.54, 1.807) is 0 Å². The number of hydrogen-bond acceptors (Lipinski definition) is 3. The van der Waals surface area contributed by atoms with E-state index in [4.69, 9.17) is 16.7 Å². The number of aromatic carboxylic acids is 1. The minimum absolute atomic E-state index is 0.0973. The fourth-order valence-electron chi connectivity index (χ4n) is 1.59. The number of halogens is 1. The summed E-state index contributed by atoms with van der Waals surface area (Å²) in [5.74, 6) is -0.483. The maximum atomic E-state index is 10.7. The van der Waals surface area contributed by atoms with Crippen molar-refractivity contribution in [3.8, 4) is 0 Å². The van der Waals surface area contributed by atoms with Gasteiger partial charge < -0.3 is 10.4 Å². The Kier molecular flexibility index (Phi) is 3.10. The van der Waals surface area contributed by atoms with Gasteiger partial charge in [0.1, 0.15) is 5.82 Å². The molecule has 0 radical (unpaired) electrons. The van der Waals surface area contributed by atoms with Crippen LogP contribution in [0.25, 0.3) is 0 Å². The predicted octanol–water partition coefficient (Wildman–Crippen LogP) is 2.56. The number of carboxylic acid groups (broad SMARTS) is 1. The Hall–Kier alpha value is -1.55. The zero-order valence-electron chi connectivity index (χ0n) is 8.48. The maximum Gasteiger partial charge on any atom is 0.337 e. The zero-order valence-corrected chi connectivity index (χ0v) is 9.24. The van der Waals surface area contributed by atoms with Gasteiger partial charge in [0, 0.05) is 12.2 Å². The monoisotopic (exact) mass is 238 g/mol. The summed E-state index contributed by atoms with van der Waals surface area (Å²) in [6.07, 6.45) is 7.38. The third kappa shape index (κ3) is 2.33. The molecule has 0 aliphatic heterocycles. The first-order valence-electron chi connectivity index (χ1n) is 4.97. The molecule has 0 fully saturated rings. The SMILES string of the molecule is O=C(O)c1cnc(NC2CC=CC2)c(Cl)c1. The minimum Gasteiger partial charge on any atom is -0.478 e. The van der Waals surface area contributed by atoms with Gasteiger partial charge in [0.25, 0.3) is 0 Å². The standard InChI is InChI=1S/C11H11ClN2O2/c12-9-5-7(11(15)16)6-13-10(9)14-8-3-1-2-4-8/h1-2,5-6,8H,3-4H2,(H,13,14)(H,15,16). The summed E-state index contributed by atoms with van der Waals surface area (Å²) in [4.78, 5) is 14.7. The van der Waals surface area contributed by atoms with E-state index in [2.05, 4.69) is 22.5 Å². The van der Waals surface area contributed by atoms with Gasteiger partial charge in [-0.3, -0.25) is 0 Å². The van der Waals surface area contributed by atoms with Crippen molar-refractivity contribution in [2.24, 2.45) is 0 Å². The highest BCUT2D eigenvalue weighted by Gasteiger charge is 2.13. The first kappa shape index (κ1) is 11.0. The van der Waals surface area contributed by atoms with E-state index >= 15 is 0 Å². The molecule has 0 atom stereocenters. The van der Waals surface area contributed by atoms with Crippen LogP contribution in [-0.4, -0.2) is 22.1 Å². The molecule has 0 aromatic carbocycles. The molecule has 2 rings (SSSR count). The second kappa shape index (κ2) is 4.53. The van der Waals surface area contributed by atoms with Gasteiger partial charge in [-0.05, 0) is 18.9 Å². The highest BCUT2D eigenvalue weighted by Crippen LogP contribution is 2.23. The zero-order chi connectivity index (χ0) is 11.5. The largest absolute Gasteiger partial charge is 0.478 e. The van der Waals surface area contributed by atoms with Gasteiger partial charge in [0.05, 0.1) is 10.6 Å². The lowest BCUT2D eigenvalue weighted by molar-refractivity contribution is 0.0696. The average molecular weight is 239 g/mol. The minimum atomic E-state index is -1.02. The molecule has 0 amide bonds. The van der Waals surface area contributed by atoms with Crippen LogP contribution >= 0.6 is 11.6 Å².